The summed E-state index contributed by atoms with van der Waals surface area (Å²) in [5.74, 6) is -1.20. The summed E-state index contributed by atoms with van der Waals surface area (Å²) in [5, 5.41) is 1.46. The van der Waals surface area contributed by atoms with Crippen molar-refractivity contribution in [2.75, 3.05) is 20.3 Å². The fraction of sp³-hybridized carbons (Fsp3) is 0.211. The van der Waals surface area contributed by atoms with Crippen LogP contribution in [0.1, 0.15) is 53.3 Å². The Labute approximate surface area is 279 Å². The average Bonchev–Trinajstić information content (AvgIpc) is 3.10. The number of carbonyl (C=O) groups excluding carboxylic acids is 4. The SMILES string of the molecule is C=CC(=O)OCCCCCCOc1ccc(C(=O)OC(=C/C)/C=C(/OC)C(=C)OC(=O)c2ccc3cc(OC(=O)C=C)ccc3c2)cc1. The van der Waals surface area contributed by atoms with E-state index in [9.17, 15) is 19.2 Å². The number of methoxy groups -OCH3 is 1. The van der Waals surface area contributed by atoms with Crippen LogP contribution in [0.25, 0.3) is 10.8 Å². The lowest BCUT2D eigenvalue weighted by atomic mass is 10.1. The van der Waals surface area contributed by atoms with Crippen LogP contribution in [0.2, 0.25) is 0 Å². The molecule has 0 bridgehead atoms. The van der Waals surface area contributed by atoms with Gasteiger partial charge in [-0.3, -0.25) is 0 Å². The first kappa shape index (κ1) is 36.6. The van der Waals surface area contributed by atoms with E-state index in [1.54, 1.807) is 73.7 Å². The van der Waals surface area contributed by atoms with Crippen molar-refractivity contribution in [1.29, 1.82) is 0 Å². The zero-order valence-electron chi connectivity index (χ0n) is 27.0. The molecule has 0 aliphatic carbocycles. The monoisotopic (exact) mass is 654 g/mol. The number of carbonyl (C=O) groups is 4. The van der Waals surface area contributed by atoms with Gasteiger partial charge < -0.3 is 28.4 Å². The van der Waals surface area contributed by atoms with E-state index < -0.39 is 23.9 Å². The molecular formula is C38H38O10. The quantitative estimate of drug-likeness (QED) is 0.0258. The number of hydrogen-bond donors (Lipinski definition) is 0. The van der Waals surface area contributed by atoms with Crippen LogP contribution in [0.5, 0.6) is 11.5 Å². The number of unbranched alkanes of at least 4 members (excludes halogenated alkanes) is 3. The lowest BCUT2D eigenvalue weighted by Crippen LogP contribution is -2.08. The molecule has 10 nitrogen and oxygen atoms in total. The molecule has 48 heavy (non-hydrogen) atoms. The highest BCUT2D eigenvalue weighted by Crippen LogP contribution is 2.24. The average molecular weight is 655 g/mol. The maximum Gasteiger partial charge on any atom is 0.343 e. The lowest BCUT2D eigenvalue weighted by Gasteiger charge is -2.12. The van der Waals surface area contributed by atoms with Gasteiger partial charge in [-0.2, -0.15) is 0 Å². The number of fused-ring (bicyclic) bond motifs is 1. The van der Waals surface area contributed by atoms with E-state index >= 15 is 0 Å². The Hall–Kier alpha value is -5.90. The van der Waals surface area contributed by atoms with Crippen molar-refractivity contribution in [3.8, 4) is 11.5 Å². The van der Waals surface area contributed by atoms with Gasteiger partial charge in [0.2, 0.25) is 0 Å². The van der Waals surface area contributed by atoms with E-state index in [0.717, 1.165) is 48.6 Å². The first-order chi connectivity index (χ1) is 23.2. The summed E-state index contributed by atoms with van der Waals surface area (Å²) in [7, 11) is 1.37. The zero-order valence-corrected chi connectivity index (χ0v) is 27.0. The molecule has 0 aliphatic rings. The fourth-order valence-corrected chi connectivity index (χ4v) is 4.18. The van der Waals surface area contributed by atoms with E-state index in [2.05, 4.69) is 19.7 Å². The molecule has 0 amide bonds. The van der Waals surface area contributed by atoms with Crippen LogP contribution in [0.15, 0.2) is 122 Å². The summed E-state index contributed by atoms with van der Waals surface area (Å²) in [6.45, 7) is 13.1. The van der Waals surface area contributed by atoms with Crippen LogP contribution in [-0.4, -0.2) is 44.2 Å². The van der Waals surface area contributed by atoms with Gasteiger partial charge in [0, 0.05) is 18.2 Å². The van der Waals surface area contributed by atoms with Crippen LogP contribution in [-0.2, 0) is 28.5 Å². The Balaban J connectivity index is 1.51. The van der Waals surface area contributed by atoms with Gasteiger partial charge in [-0.1, -0.05) is 31.9 Å². The summed E-state index contributed by atoms with van der Waals surface area (Å²) in [4.78, 5) is 48.2. The van der Waals surface area contributed by atoms with Gasteiger partial charge in [0.05, 0.1) is 31.5 Å². The van der Waals surface area contributed by atoms with Gasteiger partial charge in [0.25, 0.3) is 0 Å². The molecule has 0 unspecified atom stereocenters. The predicted molar refractivity (Wildman–Crippen MR) is 180 cm³/mol. The molecule has 0 radical (unpaired) electrons. The van der Waals surface area contributed by atoms with Crippen molar-refractivity contribution in [2.45, 2.75) is 32.6 Å². The predicted octanol–water partition coefficient (Wildman–Crippen LogP) is 7.56. The van der Waals surface area contributed by atoms with Gasteiger partial charge in [0.15, 0.2) is 11.5 Å². The molecule has 0 atom stereocenters. The van der Waals surface area contributed by atoms with Gasteiger partial charge in [-0.15, -0.1) is 0 Å². The number of allylic oxidation sites excluding steroid dienone is 2. The number of benzene rings is 3. The van der Waals surface area contributed by atoms with Crippen molar-refractivity contribution >= 4 is 34.6 Å². The van der Waals surface area contributed by atoms with Gasteiger partial charge in [-0.05, 0) is 98.0 Å². The first-order valence-electron chi connectivity index (χ1n) is 15.1. The lowest BCUT2D eigenvalue weighted by molar-refractivity contribution is -0.137. The third-order valence-electron chi connectivity index (χ3n) is 6.72. The third-order valence-corrected chi connectivity index (χ3v) is 6.72. The summed E-state index contributed by atoms with van der Waals surface area (Å²) in [5.41, 5.74) is 0.555. The molecule has 0 saturated carbocycles. The Bertz CT molecular complexity index is 1710. The molecule has 0 aliphatic heterocycles. The summed E-state index contributed by atoms with van der Waals surface area (Å²) < 4.78 is 32.2. The summed E-state index contributed by atoms with van der Waals surface area (Å²) >= 11 is 0. The minimum absolute atomic E-state index is 0.0697. The molecule has 10 heteroatoms. The van der Waals surface area contributed by atoms with Gasteiger partial charge >= 0.3 is 23.9 Å². The van der Waals surface area contributed by atoms with Crippen LogP contribution < -0.4 is 9.47 Å². The highest BCUT2D eigenvalue weighted by atomic mass is 16.6. The smallest absolute Gasteiger partial charge is 0.343 e. The Morgan fingerprint density at radius 3 is 1.98 bits per heavy atom. The van der Waals surface area contributed by atoms with Crippen molar-refractivity contribution in [3.05, 3.63) is 133 Å². The number of rotatable bonds is 18. The molecular weight excluding hydrogens is 616 g/mol. The molecule has 0 spiro atoms. The molecule has 0 saturated heterocycles. The maximum atomic E-state index is 12.9. The highest BCUT2D eigenvalue weighted by Gasteiger charge is 2.16. The van der Waals surface area contributed by atoms with E-state index in [4.69, 9.17) is 28.4 Å². The molecule has 0 fully saturated rings. The van der Waals surface area contributed by atoms with Crippen molar-refractivity contribution < 1.29 is 47.6 Å². The molecule has 0 heterocycles. The Kier molecular flexibility index (Phi) is 14.4. The molecule has 250 valence electrons. The molecule has 3 aromatic rings. The Morgan fingerprint density at radius 1 is 0.708 bits per heavy atom. The van der Waals surface area contributed by atoms with E-state index in [1.165, 1.54) is 13.2 Å². The van der Waals surface area contributed by atoms with Gasteiger partial charge in [0.1, 0.15) is 17.3 Å². The summed E-state index contributed by atoms with van der Waals surface area (Å²) in [6, 6.07) is 16.4. The number of esters is 4. The standard InChI is InChI=1S/C38H38O10/c1-6-31(48-37(41)27-15-18-32(19-16-27)44-21-11-9-10-12-22-45-35(39)7-2)25-34(43-5)26(4)46-38(42)30-14-13-29-24-33(47-36(40)8-3)20-17-28(29)23-30/h6-8,13-20,23-25H,2-4,9-12,21-22H2,1,5H3/b31-6+,34-25+. The van der Waals surface area contributed by atoms with Crippen LogP contribution in [0.4, 0.5) is 0 Å². The van der Waals surface area contributed by atoms with Crippen LogP contribution in [0.3, 0.4) is 0 Å². The molecule has 0 aromatic heterocycles. The first-order valence-corrected chi connectivity index (χ1v) is 15.1. The van der Waals surface area contributed by atoms with E-state index in [0.29, 0.717) is 30.3 Å². The minimum atomic E-state index is -0.681. The fourth-order valence-electron chi connectivity index (χ4n) is 4.18. The molecule has 3 aromatic carbocycles. The van der Waals surface area contributed by atoms with Crippen molar-refractivity contribution in [3.63, 3.8) is 0 Å². The van der Waals surface area contributed by atoms with Crippen molar-refractivity contribution in [1.82, 2.24) is 0 Å². The van der Waals surface area contributed by atoms with E-state index in [-0.39, 0.29) is 22.8 Å². The third kappa shape index (κ3) is 11.5. The second kappa shape index (κ2) is 18.9. The topological polar surface area (TPSA) is 124 Å². The van der Waals surface area contributed by atoms with Crippen molar-refractivity contribution in [2.24, 2.45) is 0 Å². The minimum Gasteiger partial charge on any atom is -0.494 e. The van der Waals surface area contributed by atoms with Crippen LogP contribution in [0, 0.1) is 0 Å². The van der Waals surface area contributed by atoms with E-state index in [1.807, 2.05) is 0 Å². The summed E-state index contributed by atoms with van der Waals surface area (Å²) in [6.07, 6.45) is 8.59. The van der Waals surface area contributed by atoms with Crippen LogP contribution >= 0.6 is 0 Å². The van der Waals surface area contributed by atoms with Gasteiger partial charge in [-0.25, -0.2) is 19.2 Å². The second-order valence-corrected chi connectivity index (χ2v) is 10.1. The zero-order chi connectivity index (χ0) is 34.9. The largest absolute Gasteiger partial charge is 0.494 e. The maximum absolute atomic E-state index is 12.9. The number of hydrogen-bond acceptors (Lipinski definition) is 10. The highest BCUT2D eigenvalue weighted by molar-refractivity contribution is 5.96. The number of ether oxygens (including phenoxy) is 6. The molecule has 3 rings (SSSR count). The normalized spacial score (nSPS) is 11.2. The molecule has 0 N–H and O–H groups in total. The Morgan fingerprint density at radius 2 is 1.31 bits per heavy atom. The second-order valence-electron chi connectivity index (χ2n) is 10.1.